The third-order valence-corrected chi connectivity index (χ3v) is 5.79. The summed E-state index contributed by atoms with van der Waals surface area (Å²) in [6.07, 6.45) is 5.74. The summed E-state index contributed by atoms with van der Waals surface area (Å²) in [5.74, 6) is 1.22. The van der Waals surface area contributed by atoms with Crippen molar-refractivity contribution in [2.45, 2.75) is 46.5 Å². The molecule has 8 heteroatoms. The Kier molecular flexibility index (Phi) is 15.3. The summed E-state index contributed by atoms with van der Waals surface area (Å²) in [5.41, 5.74) is 6.26. The van der Waals surface area contributed by atoms with E-state index in [1.165, 1.54) is 5.56 Å². The number of hydrogen-bond acceptors (Lipinski definition) is 8. The van der Waals surface area contributed by atoms with Gasteiger partial charge in [-0.15, -0.1) is 17.9 Å². The van der Waals surface area contributed by atoms with Gasteiger partial charge in [0.2, 0.25) is 0 Å². The summed E-state index contributed by atoms with van der Waals surface area (Å²) in [5, 5.41) is 19.6. The Bertz CT molecular complexity index is 1010. The number of aryl methyl sites for hydroxylation is 3. The van der Waals surface area contributed by atoms with Crippen LogP contribution in [-0.2, 0) is 22.4 Å². The number of aromatic hydroxyl groups is 1. The van der Waals surface area contributed by atoms with Crippen molar-refractivity contribution in [1.29, 1.82) is 0 Å². The molecule has 0 spiro atoms. The molecule has 0 saturated heterocycles. The molecule has 2 heterocycles. The normalized spacial score (nSPS) is 9.29. The molecule has 0 radical (unpaired) electrons. The summed E-state index contributed by atoms with van der Waals surface area (Å²) in [6, 6.07) is 5.61. The van der Waals surface area contributed by atoms with E-state index in [0.29, 0.717) is 5.75 Å². The van der Waals surface area contributed by atoms with Gasteiger partial charge in [-0.3, -0.25) is 0 Å². The van der Waals surface area contributed by atoms with E-state index in [4.69, 9.17) is 14.1 Å². The Balaban J connectivity index is 0.000000755. The maximum atomic E-state index is 9.76. The highest BCUT2D eigenvalue weighted by atomic mass is 32.1. The van der Waals surface area contributed by atoms with Crippen molar-refractivity contribution in [2.75, 3.05) is 7.05 Å². The predicted octanol–water partition coefficient (Wildman–Crippen LogP) is 5.37. The van der Waals surface area contributed by atoms with Crippen LogP contribution in [0.25, 0.3) is 5.70 Å². The number of carbonyl (C=O) groups is 2. The second-order valence-corrected chi connectivity index (χ2v) is 8.06. The van der Waals surface area contributed by atoms with Gasteiger partial charge in [-0.25, -0.2) is 4.98 Å². The lowest BCUT2D eigenvalue weighted by Crippen LogP contribution is -2.03. The van der Waals surface area contributed by atoms with Crippen LogP contribution in [0.2, 0.25) is 0 Å². The zero-order chi connectivity index (χ0) is 26.1. The van der Waals surface area contributed by atoms with E-state index in [0.717, 1.165) is 64.7 Å². The SMILES string of the molecule is C=CCCCc1ccc(O)cc1Cc1nc(C(=C)NC)cs1.C=O.C=O.Cc1noc(C)c1C. The molecule has 0 bridgehead atoms. The number of hydrogen-bond donors (Lipinski definition) is 2. The summed E-state index contributed by atoms with van der Waals surface area (Å²) < 4.78 is 4.84. The molecule has 184 valence electrons. The van der Waals surface area contributed by atoms with Gasteiger partial charge >= 0.3 is 0 Å². The van der Waals surface area contributed by atoms with Crippen molar-refractivity contribution in [1.82, 2.24) is 15.5 Å². The van der Waals surface area contributed by atoms with Crippen molar-refractivity contribution in [3.63, 3.8) is 0 Å². The van der Waals surface area contributed by atoms with Crippen molar-refractivity contribution in [3.8, 4) is 5.75 Å². The first-order valence-electron chi connectivity index (χ1n) is 10.6. The van der Waals surface area contributed by atoms with E-state index in [2.05, 4.69) is 28.6 Å². The van der Waals surface area contributed by atoms with E-state index in [1.807, 2.05) is 65.0 Å². The first kappa shape index (κ1) is 30.5. The van der Waals surface area contributed by atoms with Gasteiger partial charge in [0.15, 0.2) is 0 Å². The molecule has 0 atom stereocenters. The lowest BCUT2D eigenvalue weighted by Gasteiger charge is -2.09. The van der Waals surface area contributed by atoms with Crippen molar-refractivity contribution in [3.05, 3.63) is 81.7 Å². The zero-order valence-electron chi connectivity index (χ0n) is 20.5. The summed E-state index contributed by atoms with van der Waals surface area (Å²) in [6.45, 7) is 17.5. The highest BCUT2D eigenvalue weighted by Gasteiger charge is 2.09. The summed E-state index contributed by atoms with van der Waals surface area (Å²) >= 11 is 1.62. The van der Waals surface area contributed by atoms with Crippen LogP contribution in [-0.4, -0.2) is 35.9 Å². The molecule has 0 aliphatic rings. The number of nitrogens with zero attached hydrogens (tertiary/aromatic N) is 2. The molecule has 34 heavy (non-hydrogen) atoms. The van der Waals surface area contributed by atoms with Crippen LogP contribution in [0.4, 0.5) is 0 Å². The second kappa shape index (κ2) is 17.0. The molecule has 3 aromatic rings. The molecule has 1 aromatic carbocycles. The Labute approximate surface area is 206 Å². The monoisotopic (exact) mass is 485 g/mol. The van der Waals surface area contributed by atoms with Crippen LogP contribution in [0.3, 0.4) is 0 Å². The van der Waals surface area contributed by atoms with E-state index in [1.54, 1.807) is 17.4 Å². The van der Waals surface area contributed by atoms with Gasteiger partial charge in [0, 0.05) is 24.4 Å². The topological polar surface area (TPSA) is 105 Å². The predicted molar refractivity (Wildman–Crippen MR) is 139 cm³/mol. The van der Waals surface area contributed by atoms with Gasteiger partial charge in [0.05, 0.1) is 22.1 Å². The molecule has 0 fully saturated rings. The first-order valence-corrected chi connectivity index (χ1v) is 11.4. The molecule has 2 N–H and O–H groups in total. The van der Waals surface area contributed by atoms with Crippen LogP contribution >= 0.6 is 11.3 Å². The maximum Gasteiger partial charge on any atom is 0.136 e. The molecule has 0 unspecified atom stereocenters. The molecule has 7 nitrogen and oxygen atoms in total. The fraction of sp³-hybridized carbons (Fsp3) is 0.308. The number of thiazole rings is 1. The Hall–Kier alpha value is -3.52. The standard InChI is InChI=1S/C18H22N2OS.C6H9NO.2CH2O/c1-4-5-6-7-14-8-9-16(21)10-15(14)11-18-20-17(12-22-18)13(2)19-3;1-4-5(2)7-8-6(4)3;2*1-2/h4,8-10,12,19,21H,1-2,5-7,11H2,3H3;1-3H3;2*1H2. The number of phenols is 1. The van der Waals surface area contributed by atoms with E-state index < -0.39 is 0 Å². The van der Waals surface area contributed by atoms with Gasteiger partial charge in [-0.1, -0.05) is 23.9 Å². The highest BCUT2D eigenvalue weighted by Crippen LogP contribution is 2.24. The van der Waals surface area contributed by atoms with Gasteiger partial charge in [0.1, 0.15) is 25.1 Å². The molecule has 2 aromatic heterocycles. The van der Waals surface area contributed by atoms with Gasteiger partial charge in [-0.2, -0.15) is 0 Å². The van der Waals surface area contributed by atoms with Crippen LogP contribution in [0, 0.1) is 20.8 Å². The van der Waals surface area contributed by atoms with Crippen LogP contribution < -0.4 is 5.32 Å². The Morgan fingerprint density at radius 2 is 1.85 bits per heavy atom. The Morgan fingerprint density at radius 3 is 2.35 bits per heavy atom. The van der Waals surface area contributed by atoms with E-state index >= 15 is 0 Å². The molecule has 3 rings (SSSR count). The molecule has 0 aliphatic heterocycles. The van der Waals surface area contributed by atoms with Crippen LogP contribution in [0.15, 0.2) is 47.3 Å². The van der Waals surface area contributed by atoms with Gasteiger partial charge in [0.25, 0.3) is 0 Å². The smallest absolute Gasteiger partial charge is 0.136 e. The molecular formula is C26H35N3O4S. The van der Waals surface area contributed by atoms with E-state index in [9.17, 15) is 5.11 Å². The van der Waals surface area contributed by atoms with Gasteiger partial charge < -0.3 is 24.5 Å². The summed E-state index contributed by atoms with van der Waals surface area (Å²) in [4.78, 5) is 20.6. The van der Waals surface area contributed by atoms with Crippen LogP contribution in [0.1, 0.15) is 51.7 Å². The van der Waals surface area contributed by atoms with Gasteiger partial charge in [-0.05, 0) is 63.3 Å². The highest BCUT2D eigenvalue weighted by molar-refractivity contribution is 7.09. The molecule has 0 amide bonds. The number of rotatable bonds is 8. The number of allylic oxidation sites excluding steroid dienone is 1. The van der Waals surface area contributed by atoms with Crippen molar-refractivity contribution < 1.29 is 19.2 Å². The number of benzene rings is 1. The lowest BCUT2D eigenvalue weighted by atomic mass is 9.99. The Morgan fingerprint density at radius 1 is 1.18 bits per heavy atom. The molecule has 0 saturated carbocycles. The fourth-order valence-electron chi connectivity index (χ4n) is 2.81. The average molecular weight is 486 g/mol. The summed E-state index contributed by atoms with van der Waals surface area (Å²) in [7, 11) is 1.84. The zero-order valence-corrected chi connectivity index (χ0v) is 21.3. The first-order chi connectivity index (χ1) is 16.3. The lowest BCUT2D eigenvalue weighted by molar-refractivity contribution is -0.0987. The fourth-order valence-corrected chi connectivity index (χ4v) is 3.64. The number of nitrogens with one attached hydrogen (secondary N) is 1. The minimum atomic E-state index is 0.305. The molecular weight excluding hydrogens is 450 g/mol. The number of unbranched alkanes of at least 4 members (excludes halogenated alkanes) is 1. The largest absolute Gasteiger partial charge is 0.508 e. The third-order valence-electron chi connectivity index (χ3n) is 4.94. The second-order valence-electron chi connectivity index (χ2n) is 7.11. The number of aromatic nitrogens is 2. The van der Waals surface area contributed by atoms with Crippen molar-refractivity contribution >= 4 is 30.6 Å². The average Bonchev–Trinajstić information content (AvgIpc) is 3.45. The minimum Gasteiger partial charge on any atom is -0.508 e. The quantitative estimate of drug-likeness (QED) is 0.326. The number of carbonyl (C=O) groups excluding carboxylic acids is 2. The molecule has 0 aliphatic carbocycles. The third kappa shape index (κ3) is 9.95. The maximum absolute atomic E-state index is 9.76. The minimum absolute atomic E-state index is 0.305. The van der Waals surface area contributed by atoms with Crippen molar-refractivity contribution in [2.24, 2.45) is 0 Å². The van der Waals surface area contributed by atoms with Crippen LogP contribution in [0.5, 0.6) is 5.75 Å². The van der Waals surface area contributed by atoms with E-state index in [-0.39, 0.29) is 0 Å². The number of phenolic OH excluding ortho intramolecular Hbond substituents is 1.